The molecule has 0 atom stereocenters. The van der Waals surface area contributed by atoms with Gasteiger partial charge in [0, 0.05) is 0 Å². The molecule has 0 aliphatic rings. The Morgan fingerprint density at radius 3 is 0.980 bits per heavy atom. The topological polar surface area (TPSA) is 185 Å². The van der Waals surface area contributed by atoms with Gasteiger partial charge in [-0.1, -0.05) is 51.6 Å². The average molecular weight is 711 g/mol. The maximum absolute atomic E-state index is 12.3. The minimum atomic E-state index is -1.35. The number of hydrogen-bond acceptors (Lipinski definition) is 15. The summed E-state index contributed by atoms with van der Waals surface area (Å²) in [6, 6.07) is 14.8. The van der Waals surface area contributed by atoms with E-state index >= 15 is 0 Å². The Kier molecular flexibility index (Phi) is 14.8. The molecule has 0 amide bonds. The molecule has 0 saturated carbocycles. The summed E-state index contributed by atoms with van der Waals surface area (Å²) in [4.78, 5) is 100.0. The maximum atomic E-state index is 12.3. The van der Waals surface area contributed by atoms with Crippen molar-refractivity contribution >= 4 is 36.4 Å². The largest absolute Gasteiger partial charge is 0.549 e. The molecular formula is C36H38O15. The van der Waals surface area contributed by atoms with Crippen LogP contribution in [-0.4, -0.2) is 56.2 Å². The van der Waals surface area contributed by atoms with Crippen LogP contribution in [0.15, 0.2) is 54.6 Å². The fourth-order valence-electron chi connectivity index (χ4n) is 4.82. The third-order valence-electron chi connectivity index (χ3n) is 6.86. The monoisotopic (exact) mass is 710 g/mol. The van der Waals surface area contributed by atoms with Gasteiger partial charge in [0.1, 0.15) is 0 Å². The molecule has 0 heterocycles. The van der Waals surface area contributed by atoms with Crippen molar-refractivity contribution in [2.75, 3.05) is 19.8 Å². The zero-order valence-electron chi connectivity index (χ0n) is 28.9. The molecule has 15 nitrogen and oxygen atoms in total. The Bertz CT molecular complexity index is 1600. The Morgan fingerprint density at radius 1 is 0.412 bits per heavy atom. The second kappa shape index (κ2) is 19.2. The summed E-state index contributed by atoms with van der Waals surface area (Å²) in [5, 5.41) is 0. The van der Waals surface area contributed by atoms with Crippen molar-refractivity contribution in [2.45, 2.75) is 54.4 Å². The highest BCUT2D eigenvalue weighted by atomic mass is 17.2. The lowest BCUT2D eigenvalue weighted by molar-refractivity contribution is -0.206. The average Bonchev–Trinajstić information content (AvgIpc) is 3.05. The number of hydrogen-bond donors (Lipinski definition) is 0. The van der Waals surface area contributed by atoms with Gasteiger partial charge in [-0.05, 0) is 96.7 Å². The lowest BCUT2D eigenvalue weighted by atomic mass is 10.0. The van der Waals surface area contributed by atoms with E-state index in [0.29, 0.717) is 0 Å². The summed E-state index contributed by atoms with van der Waals surface area (Å²) in [5.41, 5.74) is 5.30. The van der Waals surface area contributed by atoms with E-state index < -0.39 is 42.3 Å². The molecule has 0 saturated heterocycles. The molecule has 0 radical (unpaired) electrons. The summed E-state index contributed by atoms with van der Waals surface area (Å²) >= 11 is 0. The van der Waals surface area contributed by atoms with E-state index in [1.807, 2.05) is 18.2 Å². The van der Waals surface area contributed by atoms with Gasteiger partial charge in [-0.25, -0.2) is 43.7 Å². The van der Waals surface area contributed by atoms with Crippen molar-refractivity contribution in [3.8, 4) is 0 Å². The minimum absolute atomic E-state index is 0.00978. The van der Waals surface area contributed by atoms with E-state index in [0.717, 1.165) is 33.4 Å². The van der Waals surface area contributed by atoms with Crippen molar-refractivity contribution in [1.82, 2.24) is 0 Å². The fourth-order valence-corrected chi connectivity index (χ4v) is 4.82. The zero-order chi connectivity index (χ0) is 37.5. The normalized spacial score (nSPS) is 10.4. The van der Waals surface area contributed by atoms with Gasteiger partial charge in [-0.2, -0.15) is 14.4 Å². The van der Waals surface area contributed by atoms with Crippen molar-refractivity contribution in [2.24, 2.45) is 5.92 Å². The number of benzene rings is 3. The minimum Gasteiger partial charge on any atom is -0.432 e. The van der Waals surface area contributed by atoms with E-state index in [1.54, 1.807) is 77.9 Å². The van der Waals surface area contributed by atoms with Crippen LogP contribution >= 0.6 is 0 Å². The van der Waals surface area contributed by atoms with Crippen LogP contribution in [0.1, 0.15) is 77.3 Å². The molecule has 0 unspecified atom stereocenters. The molecule has 0 spiro atoms. The first-order valence-electron chi connectivity index (χ1n) is 15.6. The van der Waals surface area contributed by atoms with Crippen LogP contribution in [0.4, 0.5) is 14.4 Å². The molecule has 15 heteroatoms. The third-order valence-corrected chi connectivity index (χ3v) is 6.86. The summed E-state index contributed by atoms with van der Waals surface area (Å²) in [5.74, 6) is -3.40. The van der Waals surface area contributed by atoms with Gasteiger partial charge in [0.15, 0.2) is 0 Å². The van der Waals surface area contributed by atoms with Gasteiger partial charge in [-0.15, -0.1) is 0 Å². The van der Waals surface area contributed by atoms with Crippen molar-refractivity contribution in [1.29, 1.82) is 0 Å². The SMILES string of the molecule is Cc1cc(C)cc(C(=O)OOC(=O)OCCC(CCOC(=O)OOC(=O)c2cc(C)cc(C)c2)COC(=O)OOC(=O)c2cc(C)cc(C)c2)c1. The first-order valence-corrected chi connectivity index (χ1v) is 15.6. The highest BCUT2D eigenvalue weighted by Crippen LogP contribution is 2.15. The molecule has 0 N–H and O–H groups in total. The molecule has 0 aliphatic carbocycles. The smallest absolute Gasteiger partial charge is 0.432 e. The molecule has 3 aromatic rings. The Hall–Kier alpha value is -6.12. The lowest BCUT2D eigenvalue weighted by Gasteiger charge is -2.16. The molecule has 3 rings (SSSR count). The summed E-state index contributed by atoms with van der Waals surface area (Å²) < 4.78 is 14.9. The zero-order valence-corrected chi connectivity index (χ0v) is 28.9. The van der Waals surface area contributed by atoms with Crippen LogP contribution in [0.25, 0.3) is 0 Å². The van der Waals surface area contributed by atoms with Gasteiger partial charge >= 0.3 is 36.4 Å². The van der Waals surface area contributed by atoms with Crippen LogP contribution in [0.2, 0.25) is 0 Å². The number of carbonyl (C=O) groups excluding carboxylic acids is 6. The van der Waals surface area contributed by atoms with E-state index in [-0.39, 0.29) is 49.4 Å². The predicted molar refractivity (Wildman–Crippen MR) is 174 cm³/mol. The second-order valence-electron chi connectivity index (χ2n) is 11.7. The summed E-state index contributed by atoms with van der Waals surface area (Å²) in [7, 11) is 0. The van der Waals surface area contributed by atoms with Crippen LogP contribution in [-0.2, 0) is 43.5 Å². The van der Waals surface area contributed by atoms with Gasteiger partial charge in [0.05, 0.1) is 36.5 Å². The molecule has 272 valence electrons. The van der Waals surface area contributed by atoms with E-state index in [9.17, 15) is 28.8 Å². The quantitative estimate of drug-likeness (QED) is 0.0855. The van der Waals surface area contributed by atoms with E-state index in [2.05, 4.69) is 29.3 Å². The van der Waals surface area contributed by atoms with E-state index in [1.165, 1.54) is 0 Å². The number of carbonyl (C=O) groups is 6. The molecule has 51 heavy (non-hydrogen) atoms. The highest BCUT2D eigenvalue weighted by Gasteiger charge is 2.21. The first-order chi connectivity index (χ1) is 24.2. The highest BCUT2D eigenvalue weighted by molar-refractivity contribution is 5.91. The summed E-state index contributed by atoms with van der Waals surface area (Å²) in [6.07, 6.45) is -3.98. The number of rotatable bonds is 11. The van der Waals surface area contributed by atoms with E-state index in [4.69, 9.17) is 14.2 Å². The first kappa shape index (κ1) is 39.3. The molecule has 3 aromatic carbocycles. The standard InChI is InChI=1S/C36H38O15/c1-21-11-22(2)15-28(14-21)31(37)46-49-34(40)43-9-7-27(20-45-36(42)51-48-33(39)30-18-25(5)13-26(6)19-30)8-10-44-35(41)50-47-32(38)29-16-23(3)12-24(4)17-29/h11-19,27H,7-10,20H2,1-6H3. The molecule has 0 aromatic heterocycles. The van der Waals surface area contributed by atoms with Gasteiger partial charge in [0.25, 0.3) is 0 Å². The predicted octanol–water partition coefficient (Wildman–Crippen LogP) is 7.01. The van der Waals surface area contributed by atoms with Crippen molar-refractivity contribution in [3.05, 3.63) is 105 Å². The van der Waals surface area contributed by atoms with Crippen LogP contribution in [0.3, 0.4) is 0 Å². The van der Waals surface area contributed by atoms with Crippen molar-refractivity contribution < 1.29 is 72.3 Å². The second-order valence-corrected chi connectivity index (χ2v) is 11.7. The third kappa shape index (κ3) is 14.1. The molecule has 0 aliphatic heterocycles. The Labute approximate surface area is 293 Å². The van der Waals surface area contributed by atoms with Gasteiger partial charge < -0.3 is 14.2 Å². The fraction of sp³-hybridized carbons (Fsp3) is 0.333. The number of ether oxygens (including phenoxy) is 3. The lowest BCUT2D eigenvalue weighted by Crippen LogP contribution is -2.21. The van der Waals surface area contributed by atoms with Crippen LogP contribution in [0.5, 0.6) is 0 Å². The summed E-state index contributed by atoms with van der Waals surface area (Å²) in [6.45, 7) is 9.70. The Morgan fingerprint density at radius 2 is 0.686 bits per heavy atom. The molecular weight excluding hydrogens is 672 g/mol. The van der Waals surface area contributed by atoms with Crippen LogP contribution in [0, 0.1) is 47.5 Å². The Balaban J connectivity index is 1.48. The van der Waals surface area contributed by atoms with Gasteiger partial charge in [0.2, 0.25) is 0 Å². The maximum Gasteiger partial charge on any atom is 0.549 e. The van der Waals surface area contributed by atoms with Gasteiger partial charge in [-0.3, -0.25) is 0 Å². The number of aryl methyl sites for hydroxylation is 6. The van der Waals surface area contributed by atoms with Crippen molar-refractivity contribution in [3.63, 3.8) is 0 Å². The molecule has 0 bridgehead atoms. The molecule has 0 fully saturated rings. The van der Waals surface area contributed by atoms with Crippen LogP contribution < -0.4 is 0 Å².